The van der Waals surface area contributed by atoms with Crippen LogP contribution < -0.4 is 5.73 Å². The Morgan fingerprint density at radius 1 is 1.20 bits per heavy atom. The van der Waals surface area contributed by atoms with Crippen LogP contribution in [0.15, 0.2) is 34.7 Å². The van der Waals surface area contributed by atoms with Gasteiger partial charge in [-0.15, -0.1) is 0 Å². The fraction of sp³-hybridized carbons (Fsp3) is 0.200. The van der Waals surface area contributed by atoms with Crippen molar-refractivity contribution in [1.82, 2.24) is 9.97 Å². The molecule has 0 saturated heterocycles. The highest BCUT2D eigenvalue weighted by atomic mass is 127. The fourth-order valence-corrected chi connectivity index (χ4v) is 2.99. The Balaban J connectivity index is 1.88. The SMILES string of the molecule is Nc1nc(-c2cc3ccccc3o2)nc(C2CC2)c1I. The first-order valence-corrected chi connectivity index (χ1v) is 7.62. The molecule has 1 aromatic carbocycles. The van der Waals surface area contributed by atoms with Crippen molar-refractivity contribution in [2.75, 3.05) is 5.73 Å². The van der Waals surface area contributed by atoms with Crippen LogP contribution in [0.25, 0.3) is 22.6 Å². The summed E-state index contributed by atoms with van der Waals surface area (Å²) in [5, 5.41) is 1.05. The predicted octanol–water partition coefficient (Wildman–Crippen LogP) is 3.95. The van der Waals surface area contributed by atoms with Gasteiger partial charge in [0.25, 0.3) is 0 Å². The molecule has 20 heavy (non-hydrogen) atoms. The Morgan fingerprint density at radius 3 is 2.75 bits per heavy atom. The Hall–Kier alpha value is -1.63. The Kier molecular flexibility index (Phi) is 2.70. The molecular weight excluding hydrogens is 365 g/mol. The lowest BCUT2D eigenvalue weighted by Gasteiger charge is -2.06. The van der Waals surface area contributed by atoms with Crippen molar-refractivity contribution in [2.45, 2.75) is 18.8 Å². The molecule has 100 valence electrons. The second-order valence-corrected chi connectivity index (χ2v) is 6.13. The summed E-state index contributed by atoms with van der Waals surface area (Å²) in [6, 6.07) is 9.86. The molecule has 0 unspecified atom stereocenters. The van der Waals surface area contributed by atoms with Gasteiger partial charge >= 0.3 is 0 Å². The number of para-hydroxylation sites is 1. The number of anilines is 1. The topological polar surface area (TPSA) is 64.9 Å². The maximum atomic E-state index is 6.02. The quantitative estimate of drug-likeness (QED) is 0.687. The summed E-state index contributed by atoms with van der Waals surface area (Å²) in [6.45, 7) is 0. The minimum Gasteiger partial charge on any atom is -0.453 e. The first-order chi connectivity index (χ1) is 9.72. The van der Waals surface area contributed by atoms with Crippen molar-refractivity contribution >= 4 is 39.4 Å². The van der Waals surface area contributed by atoms with Crippen LogP contribution in [0.5, 0.6) is 0 Å². The number of rotatable bonds is 2. The number of hydrogen-bond acceptors (Lipinski definition) is 4. The molecule has 4 rings (SSSR count). The smallest absolute Gasteiger partial charge is 0.197 e. The lowest BCUT2D eigenvalue weighted by Crippen LogP contribution is -2.03. The molecule has 1 saturated carbocycles. The molecule has 0 amide bonds. The number of hydrogen-bond donors (Lipinski definition) is 1. The Bertz CT molecular complexity index is 775. The molecule has 2 N–H and O–H groups in total. The van der Waals surface area contributed by atoms with E-state index in [2.05, 4.69) is 32.6 Å². The maximum absolute atomic E-state index is 6.02. The van der Waals surface area contributed by atoms with Crippen LogP contribution >= 0.6 is 22.6 Å². The molecule has 1 aliphatic carbocycles. The second kappa shape index (κ2) is 4.44. The van der Waals surface area contributed by atoms with Crippen LogP contribution in [0.3, 0.4) is 0 Å². The number of benzene rings is 1. The monoisotopic (exact) mass is 377 g/mol. The van der Waals surface area contributed by atoms with E-state index in [1.807, 2.05) is 30.3 Å². The molecule has 4 nitrogen and oxygen atoms in total. The van der Waals surface area contributed by atoms with Crippen molar-refractivity contribution in [1.29, 1.82) is 0 Å². The summed E-state index contributed by atoms with van der Waals surface area (Å²) in [4.78, 5) is 9.04. The first-order valence-electron chi connectivity index (χ1n) is 6.54. The second-order valence-electron chi connectivity index (χ2n) is 5.05. The van der Waals surface area contributed by atoms with Gasteiger partial charge in [-0.2, -0.15) is 0 Å². The minimum absolute atomic E-state index is 0.537. The van der Waals surface area contributed by atoms with Gasteiger partial charge in [-0.05, 0) is 47.6 Å². The summed E-state index contributed by atoms with van der Waals surface area (Å²) in [7, 11) is 0. The molecule has 0 spiro atoms. The van der Waals surface area contributed by atoms with Crippen LogP contribution in [0.4, 0.5) is 5.82 Å². The molecule has 1 fully saturated rings. The predicted molar refractivity (Wildman–Crippen MR) is 86.3 cm³/mol. The number of fused-ring (bicyclic) bond motifs is 1. The number of halogens is 1. The number of aromatic nitrogens is 2. The van der Waals surface area contributed by atoms with Crippen LogP contribution in [-0.4, -0.2) is 9.97 Å². The molecule has 1 aliphatic rings. The molecule has 2 heterocycles. The summed E-state index contributed by atoms with van der Waals surface area (Å²) >= 11 is 2.23. The van der Waals surface area contributed by atoms with Gasteiger partial charge in [0.2, 0.25) is 0 Å². The van der Waals surface area contributed by atoms with Crippen molar-refractivity contribution in [3.05, 3.63) is 39.6 Å². The van der Waals surface area contributed by atoms with Gasteiger partial charge in [-0.3, -0.25) is 0 Å². The third-order valence-electron chi connectivity index (χ3n) is 3.51. The largest absolute Gasteiger partial charge is 0.453 e. The molecule has 0 aliphatic heterocycles. The summed E-state index contributed by atoms with van der Waals surface area (Å²) < 4.78 is 6.80. The maximum Gasteiger partial charge on any atom is 0.197 e. The molecular formula is C15H12IN3O. The van der Waals surface area contributed by atoms with E-state index in [1.165, 1.54) is 12.8 Å². The first kappa shape index (κ1) is 12.1. The van der Waals surface area contributed by atoms with E-state index in [9.17, 15) is 0 Å². The van der Waals surface area contributed by atoms with Crippen molar-refractivity contribution in [3.63, 3.8) is 0 Å². The van der Waals surface area contributed by atoms with Gasteiger partial charge in [-0.1, -0.05) is 18.2 Å². The lowest BCUT2D eigenvalue weighted by molar-refractivity contribution is 0.624. The van der Waals surface area contributed by atoms with Crippen LogP contribution in [0.1, 0.15) is 24.5 Å². The molecule has 0 radical (unpaired) electrons. The number of nitrogen functional groups attached to an aromatic ring is 1. The van der Waals surface area contributed by atoms with Crippen LogP contribution in [-0.2, 0) is 0 Å². The lowest BCUT2D eigenvalue weighted by atomic mass is 10.2. The Morgan fingerprint density at radius 2 is 2.00 bits per heavy atom. The van der Waals surface area contributed by atoms with Gasteiger partial charge in [-0.25, -0.2) is 9.97 Å². The molecule has 3 aromatic rings. The van der Waals surface area contributed by atoms with Crippen molar-refractivity contribution in [3.8, 4) is 11.6 Å². The van der Waals surface area contributed by atoms with Gasteiger partial charge in [0, 0.05) is 11.3 Å². The molecule has 0 bridgehead atoms. The van der Waals surface area contributed by atoms with E-state index in [-0.39, 0.29) is 0 Å². The zero-order valence-corrected chi connectivity index (χ0v) is 12.8. The van der Waals surface area contributed by atoms with Crippen LogP contribution in [0.2, 0.25) is 0 Å². The van der Waals surface area contributed by atoms with Gasteiger partial charge in [0.15, 0.2) is 11.6 Å². The molecule has 5 heteroatoms. The van der Waals surface area contributed by atoms with Crippen molar-refractivity contribution in [2.24, 2.45) is 0 Å². The molecule has 2 aromatic heterocycles. The van der Waals surface area contributed by atoms with Gasteiger partial charge in [0.05, 0.1) is 9.26 Å². The van der Waals surface area contributed by atoms with E-state index in [4.69, 9.17) is 10.2 Å². The van der Waals surface area contributed by atoms with E-state index < -0.39 is 0 Å². The zero-order valence-electron chi connectivity index (χ0n) is 10.6. The van der Waals surface area contributed by atoms with Gasteiger partial charge in [0.1, 0.15) is 11.4 Å². The average molecular weight is 377 g/mol. The third kappa shape index (κ3) is 1.96. The number of nitrogens with two attached hydrogens (primary N) is 1. The van der Waals surface area contributed by atoms with Crippen LogP contribution in [0, 0.1) is 3.57 Å². The van der Waals surface area contributed by atoms with E-state index in [1.54, 1.807) is 0 Å². The Labute approximate surface area is 129 Å². The summed E-state index contributed by atoms with van der Waals surface area (Å²) in [5.41, 5.74) is 7.93. The third-order valence-corrected chi connectivity index (χ3v) is 4.62. The summed E-state index contributed by atoms with van der Waals surface area (Å²) in [6.07, 6.45) is 2.37. The number of furan rings is 1. The summed E-state index contributed by atoms with van der Waals surface area (Å²) in [5.74, 6) is 2.34. The minimum atomic E-state index is 0.537. The van der Waals surface area contributed by atoms with E-state index in [0.717, 1.165) is 20.2 Å². The zero-order chi connectivity index (χ0) is 13.7. The highest BCUT2D eigenvalue weighted by molar-refractivity contribution is 14.1. The van der Waals surface area contributed by atoms with Gasteiger partial charge < -0.3 is 10.2 Å². The number of nitrogens with zero attached hydrogens (tertiary/aromatic N) is 2. The molecule has 0 atom stereocenters. The van der Waals surface area contributed by atoms with E-state index >= 15 is 0 Å². The van der Waals surface area contributed by atoms with E-state index in [0.29, 0.717) is 23.3 Å². The highest BCUT2D eigenvalue weighted by Crippen LogP contribution is 2.42. The fourth-order valence-electron chi connectivity index (χ4n) is 2.31. The normalized spacial score (nSPS) is 14.8. The average Bonchev–Trinajstić information content (AvgIpc) is 3.19. The highest BCUT2D eigenvalue weighted by Gasteiger charge is 2.29. The van der Waals surface area contributed by atoms with Crippen molar-refractivity contribution < 1.29 is 4.42 Å². The standard InChI is InChI=1S/C15H12IN3O/c16-12-13(8-5-6-8)18-15(19-14(12)17)11-7-9-3-1-2-4-10(9)20-11/h1-4,7-8H,5-6H2,(H2,17,18,19).